The van der Waals surface area contributed by atoms with Crippen molar-refractivity contribution in [3.8, 4) is 0 Å². The molecule has 1 atom stereocenters. The van der Waals surface area contributed by atoms with Crippen molar-refractivity contribution in [2.24, 2.45) is 0 Å². The summed E-state index contributed by atoms with van der Waals surface area (Å²) >= 11 is 0. The molecule has 3 rings (SSSR count). The number of piperidine rings is 1. The topological polar surface area (TPSA) is 60.9 Å². The number of H-pyrrole nitrogens is 1. The van der Waals surface area contributed by atoms with Gasteiger partial charge in [-0.3, -0.25) is 0 Å². The number of aromatic nitrogens is 2. The van der Waals surface area contributed by atoms with Crippen LogP contribution in [-0.4, -0.2) is 28.2 Å². The molecule has 1 aliphatic heterocycles. The molecule has 4 nitrogen and oxygen atoms in total. The zero-order valence-corrected chi connectivity index (χ0v) is 13.0. The lowest BCUT2D eigenvalue weighted by molar-refractivity contribution is 0.00888. The van der Waals surface area contributed by atoms with Crippen molar-refractivity contribution < 1.29 is 5.11 Å². The number of nitrogens with zero attached hydrogens (tertiary/aromatic N) is 1. The summed E-state index contributed by atoms with van der Waals surface area (Å²) in [7, 11) is 0. The average Bonchev–Trinajstić information content (AvgIpc) is 2.97. The number of fused-ring (bicyclic) bond motifs is 1. The number of β-amino-alcohol motifs (C(OH)–C–C–N with tert-alkyl or cyclic N) is 1. The van der Waals surface area contributed by atoms with Crippen LogP contribution in [-0.2, 0) is 5.60 Å². The van der Waals surface area contributed by atoms with Gasteiger partial charge in [0.05, 0.1) is 5.69 Å². The van der Waals surface area contributed by atoms with Gasteiger partial charge in [-0.05, 0) is 37.6 Å². The summed E-state index contributed by atoms with van der Waals surface area (Å²) in [5.41, 5.74) is 0.948. The van der Waals surface area contributed by atoms with E-state index in [1.165, 1.54) is 0 Å². The normalized spacial score (nSPS) is 21.4. The third-order valence-electron chi connectivity index (χ3n) is 3.25. The first-order valence-corrected chi connectivity index (χ1v) is 7.65. The maximum Gasteiger partial charge on any atom is 0.137 e. The minimum Gasteiger partial charge on any atom is -0.382 e. The van der Waals surface area contributed by atoms with E-state index in [9.17, 15) is 5.11 Å². The molecule has 3 heterocycles. The molecule has 1 unspecified atom stereocenters. The summed E-state index contributed by atoms with van der Waals surface area (Å²) in [4.78, 5) is 7.45. The Morgan fingerprint density at radius 1 is 1.25 bits per heavy atom. The number of rotatable bonds is 1. The molecule has 1 aliphatic rings. The third kappa shape index (κ3) is 3.58. The first kappa shape index (κ1) is 16.7. The fourth-order valence-corrected chi connectivity index (χ4v) is 2.33. The Morgan fingerprint density at radius 2 is 2.00 bits per heavy atom. The van der Waals surface area contributed by atoms with E-state index < -0.39 is 5.60 Å². The second-order valence-electron chi connectivity index (χ2n) is 4.44. The second-order valence-corrected chi connectivity index (χ2v) is 4.44. The predicted molar refractivity (Wildman–Crippen MR) is 84.8 cm³/mol. The van der Waals surface area contributed by atoms with Crippen molar-refractivity contribution in [3.63, 3.8) is 0 Å². The van der Waals surface area contributed by atoms with Gasteiger partial charge in [-0.25, -0.2) is 4.98 Å². The van der Waals surface area contributed by atoms with Crippen LogP contribution < -0.4 is 5.32 Å². The molecule has 0 saturated carbocycles. The first-order valence-electron chi connectivity index (χ1n) is 7.65. The highest BCUT2D eigenvalue weighted by Gasteiger charge is 2.32. The van der Waals surface area contributed by atoms with E-state index in [1.54, 1.807) is 6.20 Å². The highest BCUT2D eigenvalue weighted by Crippen LogP contribution is 2.29. The van der Waals surface area contributed by atoms with Crippen LogP contribution in [0.5, 0.6) is 0 Å². The smallest absolute Gasteiger partial charge is 0.137 e. The lowest BCUT2D eigenvalue weighted by Crippen LogP contribution is -2.43. The zero-order chi connectivity index (χ0) is 15.0. The van der Waals surface area contributed by atoms with E-state index >= 15 is 0 Å². The summed E-state index contributed by atoms with van der Waals surface area (Å²) in [6.07, 6.45) is 3.55. The monoisotopic (exact) mass is 277 g/mol. The van der Waals surface area contributed by atoms with Crippen molar-refractivity contribution in [1.29, 1.82) is 0 Å². The van der Waals surface area contributed by atoms with Crippen LogP contribution in [0.25, 0.3) is 11.0 Å². The number of hydrogen-bond acceptors (Lipinski definition) is 3. The molecular weight excluding hydrogens is 250 g/mol. The van der Waals surface area contributed by atoms with Gasteiger partial charge >= 0.3 is 0 Å². The molecule has 2 aromatic rings. The van der Waals surface area contributed by atoms with Crippen LogP contribution >= 0.6 is 0 Å². The summed E-state index contributed by atoms with van der Waals surface area (Å²) in [5, 5.41) is 14.8. The standard InChI is InChI=1S/C12H15N3O.2C2H6/c16-12(4-2-5-13-8-12)10-7-9-3-1-6-14-11(9)15-10;2*1-2/h1,3,6-7,13,16H,2,4-5,8H2,(H,14,15);2*1-2H3. The third-order valence-corrected chi connectivity index (χ3v) is 3.25. The van der Waals surface area contributed by atoms with Crippen molar-refractivity contribution >= 4 is 11.0 Å². The summed E-state index contributed by atoms with van der Waals surface area (Å²) in [5.74, 6) is 0. The predicted octanol–water partition coefficient (Wildman–Crippen LogP) is 3.19. The molecule has 1 saturated heterocycles. The summed E-state index contributed by atoms with van der Waals surface area (Å²) in [6, 6.07) is 5.90. The Bertz CT molecular complexity index is 468. The Labute approximate surface area is 121 Å². The van der Waals surface area contributed by atoms with E-state index in [-0.39, 0.29) is 0 Å². The van der Waals surface area contributed by atoms with Gasteiger partial charge in [-0.2, -0.15) is 0 Å². The Kier molecular flexibility index (Phi) is 6.68. The van der Waals surface area contributed by atoms with Crippen molar-refractivity contribution in [2.75, 3.05) is 13.1 Å². The van der Waals surface area contributed by atoms with E-state index in [1.807, 2.05) is 45.9 Å². The number of pyridine rings is 1. The Hall–Kier alpha value is -1.39. The highest BCUT2D eigenvalue weighted by atomic mass is 16.3. The van der Waals surface area contributed by atoms with E-state index in [2.05, 4.69) is 15.3 Å². The molecule has 4 heteroatoms. The van der Waals surface area contributed by atoms with E-state index in [0.717, 1.165) is 36.1 Å². The van der Waals surface area contributed by atoms with Gasteiger partial charge in [-0.1, -0.05) is 27.7 Å². The lowest BCUT2D eigenvalue weighted by atomic mass is 9.91. The number of aliphatic hydroxyl groups is 1. The maximum atomic E-state index is 10.5. The van der Waals surface area contributed by atoms with Gasteiger partial charge in [0.2, 0.25) is 0 Å². The molecule has 0 aliphatic carbocycles. The first-order chi connectivity index (χ1) is 9.78. The van der Waals surface area contributed by atoms with Crippen LogP contribution in [0.2, 0.25) is 0 Å². The molecule has 0 bridgehead atoms. The van der Waals surface area contributed by atoms with Crippen LogP contribution in [0, 0.1) is 0 Å². The molecule has 2 aromatic heterocycles. The van der Waals surface area contributed by atoms with Crippen LogP contribution in [0.3, 0.4) is 0 Å². The molecule has 0 radical (unpaired) electrons. The van der Waals surface area contributed by atoms with Gasteiger partial charge in [-0.15, -0.1) is 0 Å². The van der Waals surface area contributed by atoms with Crippen LogP contribution in [0.15, 0.2) is 24.4 Å². The van der Waals surface area contributed by atoms with Crippen molar-refractivity contribution in [1.82, 2.24) is 15.3 Å². The number of nitrogens with one attached hydrogen (secondary N) is 2. The lowest BCUT2D eigenvalue weighted by Gasteiger charge is -2.31. The van der Waals surface area contributed by atoms with Crippen molar-refractivity contribution in [3.05, 3.63) is 30.1 Å². The highest BCUT2D eigenvalue weighted by molar-refractivity contribution is 5.76. The summed E-state index contributed by atoms with van der Waals surface area (Å²) in [6.45, 7) is 9.60. The summed E-state index contributed by atoms with van der Waals surface area (Å²) < 4.78 is 0. The Morgan fingerprint density at radius 3 is 2.60 bits per heavy atom. The van der Waals surface area contributed by atoms with Crippen LogP contribution in [0.4, 0.5) is 0 Å². The SMILES string of the molecule is CC.CC.OC1(c2cc3cccnc3[nH]2)CCCNC1. The van der Waals surface area contributed by atoms with Gasteiger partial charge < -0.3 is 15.4 Å². The minimum absolute atomic E-state index is 0.611. The molecule has 112 valence electrons. The fraction of sp³-hybridized carbons (Fsp3) is 0.562. The Balaban J connectivity index is 0.000000461. The van der Waals surface area contributed by atoms with E-state index in [4.69, 9.17) is 0 Å². The maximum absolute atomic E-state index is 10.5. The molecule has 0 aromatic carbocycles. The average molecular weight is 277 g/mol. The molecule has 0 amide bonds. The van der Waals surface area contributed by atoms with Gasteiger partial charge in [0.1, 0.15) is 11.2 Å². The molecular formula is C16H27N3O. The molecule has 3 N–H and O–H groups in total. The van der Waals surface area contributed by atoms with Crippen LogP contribution in [0.1, 0.15) is 46.2 Å². The number of hydrogen-bond donors (Lipinski definition) is 3. The molecule has 20 heavy (non-hydrogen) atoms. The molecule has 1 fully saturated rings. The van der Waals surface area contributed by atoms with Gasteiger partial charge in [0.15, 0.2) is 0 Å². The van der Waals surface area contributed by atoms with E-state index in [0.29, 0.717) is 6.54 Å². The minimum atomic E-state index is -0.765. The van der Waals surface area contributed by atoms with Gasteiger partial charge in [0, 0.05) is 18.1 Å². The number of aromatic amines is 1. The quantitative estimate of drug-likeness (QED) is 0.750. The fourth-order valence-electron chi connectivity index (χ4n) is 2.33. The largest absolute Gasteiger partial charge is 0.382 e. The van der Waals surface area contributed by atoms with Crippen molar-refractivity contribution in [2.45, 2.75) is 46.1 Å². The zero-order valence-electron chi connectivity index (χ0n) is 13.0. The molecule has 0 spiro atoms. The second kappa shape index (κ2) is 8.02. The van der Waals surface area contributed by atoms with Gasteiger partial charge in [0.25, 0.3) is 0 Å².